The van der Waals surface area contributed by atoms with E-state index in [1.165, 1.54) is 12.8 Å². The Labute approximate surface area is 107 Å². The molecule has 1 aromatic heterocycles. The topological polar surface area (TPSA) is 42.0 Å². The van der Waals surface area contributed by atoms with E-state index in [0.717, 1.165) is 25.7 Å². The lowest BCUT2D eigenvalue weighted by molar-refractivity contribution is -0.120. The van der Waals surface area contributed by atoms with Crippen LogP contribution in [0.1, 0.15) is 38.5 Å². The molecule has 1 heterocycles. The summed E-state index contributed by atoms with van der Waals surface area (Å²) < 4.78 is 0. The zero-order valence-corrected chi connectivity index (χ0v) is 10.5. The number of rotatable bonds is 2. The summed E-state index contributed by atoms with van der Waals surface area (Å²) in [6.07, 6.45) is 8.38. The number of anilines is 1. The predicted octanol–water partition coefficient (Wildman–Crippen LogP) is 3.64. The van der Waals surface area contributed by atoms with E-state index in [4.69, 9.17) is 11.6 Å². The van der Waals surface area contributed by atoms with Crippen LogP contribution in [0.3, 0.4) is 0 Å². The second-order valence-corrected chi connectivity index (χ2v) is 4.92. The third kappa shape index (κ3) is 3.43. The number of nitrogens with zero attached hydrogens (tertiary/aromatic N) is 1. The number of hydrogen-bond donors (Lipinski definition) is 1. The summed E-state index contributed by atoms with van der Waals surface area (Å²) in [5, 5.41) is 3.32. The van der Waals surface area contributed by atoms with Gasteiger partial charge in [-0.3, -0.25) is 4.79 Å². The third-order valence-electron chi connectivity index (χ3n) is 3.23. The lowest BCUT2D eigenvalue weighted by Crippen LogP contribution is -2.23. The zero-order valence-electron chi connectivity index (χ0n) is 9.79. The van der Waals surface area contributed by atoms with Crippen molar-refractivity contribution in [3.8, 4) is 0 Å². The van der Waals surface area contributed by atoms with E-state index in [2.05, 4.69) is 10.3 Å². The van der Waals surface area contributed by atoms with Crippen molar-refractivity contribution in [2.45, 2.75) is 38.5 Å². The number of carbonyl (C=O) groups is 1. The Balaban J connectivity index is 1.98. The normalized spacial score (nSPS) is 17.5. The monoisotopic (exact) mass is 252 g/mol. The molecule has 0 bridgehead atoms. The Bertz CT molecular complexity index is 387. The van der Waals surface area contributed by atoms with Gasteiger partial charge in [0.1, 0.15) is 0 Å². The summed E-state index contributed by atoms with van der Waals surface area (Å²) in [7, 11) is 0. The minimum Gasteiger partial charge on any atom is -0.309 e. The summed E-state index contributed by atoms with van der Waals surface area (Å²) >= 11 is 5.96. The molecule has 92 valence electrons. The molecule has 1 aliphatic rings. The van der Waals surface area contributed by atoms with Crippen LogP contribution < -0.4 is 5.32 Å². The molecule has 0 aliphatic heterocycles. The van der Waals surface area contributed by atoms with Gasteiger partial charge in [0, 0.05) is 12.1 Å². The van der Waals surface area contributed by atoms with Crippen LogP contribution in [0.25, 0.3) is 0 Å². The lowest BCUT2D eigenvalue weighted by atomic mass is 9.99. The van der Waals surface area contributed by atoms with Crippen LogP contribution in [0.4, 0.5) is 5.82 Å². The predicted molar refractivity (Wildman–Crippen MR) is 69.1 cm³/mol. The molecular formula is C13H17ClN2O. The van der Waals surface area contributed by atoms with E-state index >= 15 is 0 Å². The van der Waals surface area contributed by atoms with E-state index in [9.17, 15) is 4.79 Å². The number of amides is 1. The first kappa shape index (κ1) is 12.4. The summed E-state index contributed by atoms with van der Waals surface area (Å²) in [5.74, 6) is 0.659. The van der Waals surface area contributed by atoms with E-state index in [1.807, 2.05) is 0 Å². The van der Waals surface area contributed by atoms with Crippen molar-refractivity contribution in [2.24, 2.45) is 5.92 Å². The fourth-order valence-electron chi connectivity index (χ4n) is 2.24. The fourth-order valence-corrected chi connectivity index (χ4v) is 2.41. The summed E-state index contributed by atoms with van der Waals surface area (Å²) in [5.41, 5.74) is 0. The van der Waals surface area contributed by atoms with Crippen molar-refractivity contribution < 1.29 is 4.79 Å². The molecule has 0 radical (unpaired) electrons. The van der Waals surface area contributed by atoms with Gasteiger partial charge in [0.05, 0.1) is 5.02 Å². The highest BCUT2D eigenvalue weighted by molar-refractivity contribution is 6.33. The molecule has 0 spiro atoms. The Morgan fingerprint density at radius 3 is 2.65 bits per heavy atom. The van der Waals surface area contributed by atoms with Gasteiger partial charge in [0.2, 0.25) is 5.91 Å². The summed E-state index contributed by atoms with van der Waals surface area (Å²) in [6, 6.07) is 3.49. The quantitative estimate of drug-likeness (QED) is 0.817. The maximum Gasteiger partial charge on any atom is 0.228 e. The maximum atomic E-state index is 12.1. The molecule has 0 unspecified atom stereocenters. The number of pyridine rings is 1. The van der Waals surface area contributed by atoms with Crippen LogP contribution in [0.2, 0.25) is 5.02 Å². The van der Waals surface area contributed by atoms with Gasteiger partial charge < -0.3 is 5.32 Å². The smallest absolute Gasteiger partial charge is 0.228 e. The van der Waals surface area contributed by atoms with Crippen molar-refractivity contribution in [3.63, 3.8) is 0 Å². The molecule has 17 heavy (non-hydrogen) atoms. The van der Waals surface area contributed by atoms with Gasteiger partial charge >= 0.3 is 0 Å². The van der Waals surface area contributed by atoms with Crippen molar-refractivity contribution >= 4 is 23.3 Å². The number of aromatic nitrogens is 1. The molecule has 4 heteroatoms. The van der Waals surface area contributed by atoms with E-state index in [1.54, 1.807) is 18.3 Å². The SMILES string of the molecule is O=C(Nc1ncccc1Cl)C1CCCCCC1. The summed E-state index contributed by atoms with van der Waals surface area (Å²) in [6.45, 7) is 0. The van der Waals surface area contributed by atoms with E-state index < -0.39 is 0 Å². The van der Waals surface area contributed by atoms with Gasteiger partial charge in [-0.05, 0) is 25.0 Å². The second kappa shape index (κ2) is 6.01. The van der Waals surface area contributed by atoms with Crippen LogP contribution >= 0.6 is 11.6 Å². The van der Waals surface area contributed by atoms with Gasteiger partial charge in [-0.2, -0.15) is 0 Å². The molecule has 0 aromatic carbocycles. The molecule has 1 N–H and O–H groups in total. The van der Waals surface area contributed by atoms with Crippen molar-refractivity contribution in [2.75, 3.05) is 5.32 Å². The highest BCUT2D eigenvalue weighted by Gasteiger charge is 2.20. The second-order valence-electron chi connectivity index (χ2n) is 4.51. The molecule has 1 aliphatic carbocycles. The van der Waals surface area contributed by atoms with E-state index in [0.29, 0.717) is 10.8 Å². The molecule has 0 atom stereocenters. The minimum absolute atomic E-state index is 0.0625. The average molecular weight is 253 g/mol. The highest BCUT2D eigenvalue weighted by atomic mass is 35.5. The van der Waals surface area contributed by atoms with E-state index in [-0.39, 0.29) is 11.8 Å². The first-order chi connectivity index (χ1) is 8.27. The van der Waals surface area contributed by atoms with Crippen LogP contribution in [0, 0.1) is 5.92 Å². The largest absolute Gasteiger partial charge is 0.309 e. The zero-order chi connectivity index (χ0) is 12.1. The van der Waals surface area contributed by atoms with Crippen molar-refractivity contribution in [3.05, 3.63) is 23.4 Å². The van der Waals surface area contributed by atoms with Crippen LogP contribution in [0.15, 0.2) is 18.3 Å². The average Bonchev–Trinajstić information content (AvgIpc) is 2.61. The standard InChI is InChI=1S/C13H17ClN2O/c14-11-8-5-9-15-12(11)16-13(17)10-6-3-1-2-4-7-10/h5,8-10H,1-4,6-7H2,(H,15,16,17). The Morgan fingerprint density at radius 1 is 1.29 bits per heavy atom. The molecular weight excluding hydrogens is 236 g/mol. The number of nitrogens with one attached hydrogen (secondary N) is 1. The first-order valence-electron chi connectivity index (χ1n) is 6.19. The van der Waals surface area contributed by atoms with Crippen molar-refractivity contribution in [1.29, 1.82) is 0 Å². The lowest BCUT2D eigenvalue weighted by Gasteiger charge is -2.14. The Hall–Kier alpha value is -1.09. The molecule has 1 saturated carbocycles. The summed E-state index contributed by atoms with van der Waals surface area (Å²) in [4.78, 5) is 16.1. The van der Waals surface area contributed by atoms with Crippen LogP contribution in [-0.2, 0) is 4.79 Å². The molecule has 1 fully saturated rings. The first-order valence-corrected chi connectivity index (χ1v) is 6.56. The number of carbonyl (C=O) groups excluding carboxylic acids is 1. The molecule has 3 nitrogen and oxygen atoms in total. The third-order valence-corrected chi connectivity index (χ3v) is 3.53. The Morgan fingerprint density at radius 2 is 2.00 bits per heavy atom. The van der Waals surface area contributed by atoms with Crippen molar-refractivity contribution in [1.82, 2.24) is 4.98 Å². The molecule has 1 amide bonds. The molecule has 2 rings (SSSR count). The highest BCUT2D eigenvalue weighted by Crippen LogP contribution is 2.25. The fraction of sp³-hybridized carbons (Fsp3) is 0.538. The minimum atomic E-state index is 0.0625. The van der Waals surface area contributed by atoms with Crippen LogP contribution in [-0.4, -0.2) is 10.9 Å². The Kier molecular flexibility index (Phi) is 4.37. The van der Waals surface area contributed by atoms with Gasteiger partial charge in [-0.1, -0.05) is 37.3 Å². The maximum absolute atomic E-state index is 12.1. The van der Waals surface area contributed by atoms with Crippen LogP contribution in [0.5, 0.6) is 0 Å². The number of hydrogen-bond acceptors (Lipinski definition) is 2. The number of halogens is 1. The molecule has 0 saturated heterocycles. The molecule has 1 aromatic rings. The van der Waals surface area contributed by atoms with Gasteiger partial charge in [-0.15, -0.1) is 0 Å². The van der Waals surface area contributed by atoms with Gasteiger partial charge in [0.25, 0.3) is 0 Å². The van der Waals surface area contributed by atoms with Gasteiger partial charge in [-0.25, -0.2) is 4.98 Å². The van der Waals surface area contributed by atoms with Gasteiger partial charge in [0.15, 0.2) is 5.82 Å².